The zero-order valence-corrected chi connectivity index (χ0v) is 18.4. The molecule has 2 N–H and O–H groups in total. The summed E-state index contributed by atoms with van der Waals surface area (Å²) in [5.41, 5.74) is 7.77. The fraction of sp³-hybridized carbons (Fsp3) is 0.273. The first kappa shape index (κ1) is 21.5. The van der Waals surface area contributed by atoms with Crippen molar-refractivity contribution in [3.05, 3.63) is 53.2 Å². The molecule has 1 aliphatic heterocycles. The molecule has 4 heterocycles. The number of carbonyl (C=O) groups excluding carboxylic acids is 1. The normalized spacial score (nSPS) is 15.3. The molecule has 1 atom stereocenters. The molecule has 4 rings (SSSR count). The second-order valence-corrected chi connectivity index (χ2v) is 7.52. The molecule has 0 bridgehead atoms. The van der Waals surface area contributed by atoms with Gasteiger partial charge in [-0.05, 0) is 18.4 Å². The van der Waals surface area contributed by atoms with E-state index in [0.717, 1.165) is 6.42 Å². The third-order valence-corrected chi connectivity index (χ3v) is 5.50. The third kappa shape index (κ3) is 3.92. The van der Waals surface area contributed by atoms with Crippen molar-refractivity contribution < 1.29 is 14.3 Å². The number of fused-ring (bicyclic) bond motifs is 1. The molecule has 0 aliphatic carbocycles. The zero-order valence-electron chi connectivity index (χ0n) is 17.6. The molecule has 1 aliphatic rings. The van der Waals surface area contributed by atoms with E-state index < -0.39 is 0 Å². The lowest BCUT2D eigenvalue weighted by Crippen LogP contribution is -2.26. The van der Waals surface area contributed by atoms with E-state index >= 15 is 0 Å². The van der Waals surface area contributed by atoms with Gasteiger partial charge in [0, 0.05) is 36.7 Å². The molecule has 0 saturated carbocycles. The number of hydrogen-bond donors (Lipinski definition) is 1. The van der Waals surface area contributed by atoms with Crippen LogP contribution in [0.4, 0.5) is 5.82 Å². The number of halogens is 1. The number of nitrogen functional groups attached to an aromatic ring is 1. The van der Waals surface area contributed by atoms with Crippen molar-refractivity contribution in [3.63, 3.8) is 0 Å². The summed E-state index contributed by atoms with van der Waals surface area (Å²) in [5.74, 6) is 7.70. The number of ether oxygens (including phenoxy) is 2. The average molecular weight is 453 g/mol. The second kappa shape index (κ2) is 8.77. The number of anilines is 1. The summed E-state index contributed by atoms with van der Waals surface area (Å²) in [7, 11) is 3.04. The number of imidazole rings is 1. The summed E-state index contributed by atoms with van der Waals surface area (Å²) in [6.45, 7) is 4.68. The monoisotopic (exact) mass is 452 g/mol. The Hall–Kier alpha value is -3.77. The van der Waals surface area contributed by atoms with Crippen LogP contribution in [0.2, 0.25) is 5.15 Å². The van der Waals surface area contributed by atoms with Crippen LogP contribution < -0.4 is 15.2 Å². The van der Waals surface area contributed by atoms with Gasteiger partial charge in [-0.1, -0.05) is 24.1 Å². The molecule has 1 saturated heterocycles. The number of methoxy groups -OCH3 is 2. The molecular weight excluding hydrogens is 432 g/mol. The minimum atomic E-state index is -0.110. The predicted octanol–water partition coefficient (Wildman–Crippen LogP) is 2.28. The van der Waals surface area contributed by atoms with Gasteiger partial charge in [0.15, 0.2) is 5.82 Å². The number of pyridine rings is 1. The summed E-state index contributed by atoms with van der Waals surface area (Å²) in [6.07, 6.45) is 3.53. The van der Waals surface area contributed by atoms with Gasteiger partial charge in [-0.25, -0.2) is 9.97 Å². The van der Waals surface area contributed by atoms with E-state index in [4.69, 9.17) is 31.8 Å². The first-order valence-electron chi connectivity index (χ1n) is 9.81. The highest BCUT2D eigenvalue weighted by Gasteiger charge is 2.31. The van der Waals surface area contributed by atoms with Gasteiger partial charge in [0.1, 0.15) is 22.2 Å². The molecule has 32 heavy (non-hydrogen) atoms. The number of hydrogen-bond acceptors (Lipinski definition) is 7. The van der Waals surface area contributed by atoms with E-state index in [1.165, 1.54) is 26.5 Å². The molecule has 0 radical (unpaired) electrons. The SMILES string of the molecule is C=CC(=O)N1CC[C@H](c2nc(C#Cc3cc(OC)nc(OC)c3)c3c(N)ncc(Cl)n23)C1. The van der Waals surface area contributed by atoms with E-state index in [-0.39, 0.29) is 17.6 Å². The Kier molecular flexibility index (Phi) is 5.88. The molecule has 164 valence electrons. The average Bonchev–Trinajstić information content (AvgIpc) is 3.45. The Morgan fingerprint density at radius 3 is 2.66 bits per heavy atom. The van der Waals surface area contributed by atoms with E-state index in [1.807, 2.05) is 0 Å². The van der Waals surface area contributed by atoms with Crippen LogP contribution in [-0.2, 0) is 4.79 Å². The van der Waals surface area contributed by atoms with Crippen molar-refractivity contribution in [2.45, 2.75) is 12.3 Å². The highest BCUT2D eigenvalue weighted by atomic mass is 35.5. The largest absolute Gasteiger partial charge is 0.481 e. The lowest BCUT2D eigenvalue weighted by molar-refractivity contribution is -0.125. The van der Waals surface area contributed by atoms with Crippen LogP contribution >= 0.6 is 11.6 Å². The summed E-state index contributed by atoms with van der Waals surface area (Å²) >= 11 is 6.47. The number of nitrogens with zero attached hydrogens (tertiary/aromatic N) is 5. The van der Waals surface area contributed by atoms with Gasteiger partial charge in [0.25, 0.3) is 0 Å². The molecule has 0 spiro atoms. The maximum absolute atomic E-state index is 12.0. The Bertz CT molecular complexity index is 1250. The predicted molar refractivity (Wildman–Crippen MR) is 120 cm³/mol. The van der Waals surface area contributed by atoms with Crippen LogP contribution in [0.3, 0.4) is 0 Å². The van der Waals surface area contributed by atoms with Crippen molar-refractivity contribution >= 4 is 28.8 Å². The highest BCUT2D eigenvalue weighted by Crippen LogP contribution is 2.32. The topological polar surface area (TPSA) is 108 Å². The number of nitrogens with two attached hydrogens (primary N) is 1. The first-order valence-corrected chi connectivity index (χ1v) is 10.2. The van der Waals surface area contributed by atoms with Crippen molar-refractivity contribution in [2.24, 2.45) is 0 Å². The molecule has 10 heteroatoms. The standard InChI is InChI=1S/C22H21ClN6O3/c1-4-19(30)28-8-7-14(12-28)22-26-15(20-21(24)25-11-16(23)29(20)22)6-5-13-9-17(31-2)27-18(10-13)32-3/h4,9-11,14H,1,7-8,12H2,2-3H3,(H2,24,25)/t14-/m0/s1. The smallest absolute Gasteiger partial charge is 0.245 e. The number of carbonyl (C=O) groups is 1. The fourth-order valence-electron chi connectivity index (χ4n) is 3.69. The maximum atomic E-state index is 12.0. The van der Waals surface area contributed by atoms with Crippen LogP contribution in [0.5, 0.6) is 11.8 Å². The molecule has 0 aromatic carbocycles. The molecular formula is C22H21ClN6O3. The Labute approximate surface area is 189 Å². The molecule has 9 nitrogen and oxygen atoms in total. The summed E-state index contributed by atoms with van der Waals surface area (Å²) in [4.78, 5) is 26.8. The van der Waals surface area contributed by atoms with Crippen LogP contribution in [0, 0.1) is 11.8 Å². The van der Waals surface area contributed by atoms with Gasteiger partial charge in [0.2, 0.25) is 17.7 Å². The third-order valence-electron chi connectivity index (χ3n) is 5.23. The Morgan fingerprint density at radius 1 is 1.28 bits per heavy atom. The first-order chi connectivity index (χ1) is 15.4. The number of likely N-dealkylation sites (tertiary alicyclic amines) is 1. The van der Waals surface area contributed by atoms with E-state index in [1.54, 1.807) is 21.4 Å². The fourth-order valence-corrected chi connectivity index (χ4v) is 3.91. The minimum Gasteiger partial charge on any atom is -0.481 e. The summed E-state index contributed by atoms with van der Waals surface area (Å²) in [6, 6.07) is 3.39. The van der Waals surface area contributed by atoms with Gasteiger partial charge in [-0.3, -0.25) is 9.20 Å². The summed E-state index contributed by atoms with van der Waals surface area (Å²) in [5, 5.41) is 0.366. The quantitative estimate of drug-likeness (QED) is 0.478. The van der Waals surface area contributed by atoms with Gasteiger partial charge < -0.3 is 20.1 Å². The number of rotatable bonds is 4. The second-order valence-electron chi connectivity index (χ2n) is 7.13. The van der Waals surface area contributed by atoms with Crippen molar-refractivity contribution in [3.8, 4) is 23.6 Å². The van der Waals surface area contributed by atoms with Crippen LogP contribution in [0.1, 0.15) is 29.4 Å². The lowest BCUT2D eigenvalue weighted by atomic mass is 10.1. The Morgan fingerprint density at radius 2 is 2.00 bits per heavy atom. The van der Waals surface area contributed by atoms with Crippen LogP contribution in [0.15, 0.2) is 31.0 Å². The molecule has 3 aromatic heterocycles. The maximum Gasteiger partial charge on any atom is 0.245 e. The molecule has 1 fully saturated rings. The zero-order chi connectivity index (χ0) is 22.8. The minimum absolute atomic E-state index is 0.0256. The number of amides is 1. The van der Waals surface area contributed by atoms with Crippen molar-refractivity contribution in [1.82, 2.24) is 24.3 Å². The van der Waals surface area contributed by atoms with Gasteiger partial charge in [-0.15, -0.1) is 0 Å². The van der Waals surface area contributed by atoms with Gasteiger partial charge in [-0.2, -0.15) is 4.98 Å². The van der Waals surface area contributed by atoms with Crippen molar-refractivity contribution in [2.75, 3.05) is 33.0 Å². The lowest BCUT2D eigenvalue weighted by Gasteiger charge is -2.14. The van der Waals surface area contributed by atoms with Crippen LogP contribution in [0.25, 0.3) is 5.52 Å². The van der Waals surface area contributed by atoms with E-state index in [2.05, 4.69) is 28.4 Å². The van der Waals surface area contributed by atoms with Gasteiger partial charge >= 0.3 is 0 Å². The van der Waals surface area contributed by atoms with E-state index in [0.29, 0.717) is 52.6 Å². The Balaban J connectivity index is 1.80. The molecule has 1 amide bonds. The summed E-state index contributed by atoms with van der Waals surface area (Å²) < 4.78 is 12.2. The number of aromatic nitrogens is 4. The van der Waals surface area contributed by atoms with Crippen LogP contribution in [-0.4, -0.2) is 57.5 Å². The molecule has 0 unspecified atom stereocenters. The van der Waals surface area contributed by atoms with Crippen molar-refractivity contribution in [1.29, 1.82) is 0 Å². The van der Waals surface area contributed by atoms with E-state index in [9.17, 15) is 4.79 Å². The highest BCUT2D eigenvalue weighted by molar-refractivity contribution is 6.29. The molecule has 3 aromatic rings. The van der Waals surface area contributed by atoms with Gasteiger partial charge in [0.05, 0.1) is 20.4 Å².